The maximum atomic E-state index is 12.0. The molecule has 1 aromatic rings. The first-order valence-corrected chi connectivity index (χ1v) is 6.97. The Hall–Kier alpha value is -1.09. The van der Waals surface area contributed by atoms with Crippen LogP contribution in [0.5, 0.6) is 0 Å². The van der Waals surface area contributed by atoms with Gasteiger partial charge in [0.15, 0.2) is 0 Å². The summed E-state index contributed by atoms with van der Waals surface area (Å²) in [6, 6.07) is 3.54. The Bertz CT molecular complexity index is 382. The molecule has 0 saturated carbocycles. The molecule has 100 valence electrons. The largest absolute Gasteiger partial charge is 0.349 e. The lowest BCUT2D eigenvalue weighted by molar-refractivity contribution is 0.0932. The van der Waals surface area contributed by atoms with Crippen LogP contribution in [0.4, 0.5) is 0 Å². The average molecular weight is 269 g/mol. The van der Waals surface area contributed by atoms with Gasteiger partial charge in [-0.15, -0.1) is 0 Å². The number of hydrogen-bond donors (Lipinski definition) is 1. The molecule has 0 aliphatic carbocycles. The molecule has 1 atom stereocenters. The zero-order chi connectivity index (χ0) is 13.4. The van der Waals surface area contributed by atoms with Crippen LogP contribution in [-0.4, -0.2) is 16.9 Å². The molecule has 0 radical (unpaired) electrons. The van der Waals surface area contributed by atoms with Crippen LogP contribution in [-0.2, 0) is 0 Å². The third-order valence-corrected chi connectivity index (χ3v) is 3.07. The van der Waals surface area contributed by atoms with Crippen LogP contribution in [0.2, 0.25) is 5.15 Å². The number of pyridine rings is 1. The maximum absolute atomic E-state index is 12.0. The van der Waals surface area contributed by atoms with Crippen LogP contribution >= 0.6 is 11.6 Å². The lowest BCUT2D eigenvalue weighted by atomic mass is 10.0. The summed E-state index contributed by atoms with van der Waals surface area (Å²) in [5.41, 5.74) is 0.576. The number of carbonyl (C=O) groups excluding carboxylic acids is 1. The van der Waals surface area contributed by atoms with E-state index in [9.17, 15) is 4.79 Å². The Morgan fingerprint density at radius 1 is 1.39 bits per heavy atom. The summed E-state index contributed by atoms with van der Waals surface area (Å²) in [5.74, 6) is -0.0612. The van der Waals surface area contributed by atoms with Crippen LogP contribution < -0.4 is 5.32 Å². The van der Waals surface area contributed by atoms with Gasteiger partial charge in [0.2, 0.25) is 0 Å². The molecule has 0 aliphatic rings. The van der Waals surface area contributed by atoms with Crippen molar-refractivity contribution in [3.8, 4) is 0 Å². The second-order valence-electron chi connectivity index (χ2n) is 4.47. The first kappa shape index (κ1) is 15.0. The molecule has 0 spiro atoms. The van der Waals surface area contributed by atoms with Gasteiger partial charge in [0, 0.05) is 17.8 Å². The molecular weight excluding hydrogens is 248 g/mol. The second-order valence-corrected chi connectivity index (χ2v) is 4.86. The molecule has 1 amide bonds. The molecule has 18 heavy (non-hydrogen) atoms. The average Bonchev–Trinajstić information content (AvgIpc) is 2.36. The summed E-state index contributed by atoms with van der Waals surface area (Å²) in [5, 5.41) is 3.42. The molecular formula is C14H21ClN2O. The molecule has 1 heterocycles. The van der Waals surface area contributed by atoms with E-state index in [-0.39, 0.29) is 11.9 Å². The normalized spacial score (nSPS) is 12.2. The summed E-state index contributed by atoms with van der Waals surface area (Å²) < 4.78 is 0. The SMILES string of the molecule is CCCCC(CCC)NC(=O)c1ccnc(Cl)c1. The molecule has 3 nitrogen and oxygen atoms in total. The summed E-state index contributed by atoms with van der Waals surface area (Å²) in [4.78, 5) is 15.9. The molecule has 0 aliphatic heterocycles. The zero-order valence-corrected chi connectivity index (χ0v) is 11.8. The van der Waals surface area contributed by atoms with E-state index >= 15 is 0 Å². The fraction of sp³-hybridized carbons (Fsp3) is 0.571. The van der Waals surface area contributed by atoms with Gasteiger partial charge in [-0.25, -0.2) is 4.98 Å². The highest BCUT2D eigenvalue weighted by Crippen LogP contribution is 2.10. The van der Waals surface area contributed by atoms with Crippen molar-refractivity contribution in [3.63, 3.8) is 0 Å². The van der Waals surface area contributed by atoms with Crippen LogP contribution in [0.1, 0.15) is 56.3 Å². The Labute approximate surface area is 114 Å². The minimum atomic E-state index is -0.0612. The van der Waals surface area contributed by atoms with Crippen LogP contribution in [0, 0.1) is 0 Å². The molecule has 0 aromatic carbocycles. The highest BCUT2D eigenvalue weighted by atomic mass is 35.5. The monoisotopic (exact) mass is 268 g/mol. The first-order chi connectivity index (χ1) is 8.67. The predicted octanol–water partition coefficient (Wildman–Crippen LogP) is 3.82. The van der Waals surface area contributed by atoms with Crippen LogP contribution in [0.25, 0.3) is 0 Å². The number of aromatic nitrogens is 1. The lowest BCUT2D eigenvalue weighted by Gasteiger charge is -2.17. The van der Waals surface area contributed by atoms with E-state index in [2.05, 4.69) is 24.1 Å². The quantitative estimate of drug-likeness (QED) is 0.764. The fourth-order valence-corrected chi connectivity index (χ4v) is 2.07. The Balaban J connectivity index is 2.59. The van der Waals surface area contributed by atoms with Crippen molar-refractivity contribution in [2.75, 3.05) is 0 Å². The Morgan fingerprint density at radius 3 is 2.78 bits per heavy atom. The van der Waals surface area contributed by atoms with Gasteiger partial charge in [0.05, 0.1) is 0 Å². The van der Waals surface area contributed by atoms with Gasteiger partial charge in [-0.05, 0) is 25.0 Å². The second kappa shape index (κ2) is 8.09. The van der Waals surface area contributed by atoms with Gasteiger partial charge in [0.1, 0.15) is 5.15 Å². The number of carbonyl (C=O) groups is 1. The van der Waals surface area contributed by atoms with Crippen molar-refractivity contribution in [2.45, 2.75) is 52.0 Å². The lowest BCUT2D eigenvalue weighted by Crippen LogP contribution is -2.34. The van der Waals surface area contributed by atoms with Crippen molar-refractivity contribution in [2.24, 2.45) is 0 Å². The number of amides is 1. The molecule has 1 unspecified atom stereocenters. The van der Waals surface area contributed by atoms with E-state index in [1.807, 2.05) is 0 Å². The summed E-state index contributed by atoms with van der Waals surface area (Å²) in [7, 11) is 0. The Kier molecular flexibility index (Phi) is 6.73. The van der Waals surface area contributed by atoms with Gasteiger partial charge >= 0.3 is 0 Å². The minimum Gasteiger partial charge on any atom is -0.349 e. The number of hydrogen-bond acceptors (Lipinski definition) is 2. The van der Waals surface area contributed by atoms with Crippen molar-refractivity contribution in [1.82, 2.24) is 10.3 Å². The van der Waals surface area contributed by atoms with Gasteiger partial charge < -0.3 is 5.32 Å². The zero-order valence-electron chi connectivity index (χ0n) is 11.1. The van der Waals surface area contributed by atoms with Crippen molar-refractivity contribution in [3.05, 3.63) is 29.0 Å². The van der Waals surface area contributed by atoms with E-state index in [1.54, 1.807) is 18.3 Å². The molecule has 4 heteroatoms. The number of nitrogens with zero attached hydrogens (tertiary/aromatic N) is 1. The van der Waals surface area contributed by atoms with Gasteiger partial charge in [0.25, 0.3) is 5.91 Å². The van der Waals surface area contributed by atoms with Gasteiger partial charge in [-0.1, -0.05) is 44.7 Å². The topological polar surface area (TPSA) is 42.0 Å². The van der Waals surface area contributed by atoms with Gasteiger partial charge in [-0.2, -0.15) is 0 Å². The van der Waals surface area contributed by atoms with E-state index in [4.69, 9.17) is 11.6 Å². The summed E-state index contributed by atoms with van der Waals surface area (Å²) >= 11 is 5.78. The number of unbranched alkanes of at least 4 members (excludes halogenated alkanes) is 1. The smallest absolute Gasteiger partial charge is 0.251 e. The van der Waals surface area contributed by atoms with Crippen molar-refractivity contribution < 1.29 is 4.79 Å². The van der Waals surface area contributed by atoms with Crippen LogP contribution in [0.3, 0.4) is 0 Å². The van der Waals surface area contributed by atoms with Crippen LogP contribution in [0.15, 0.2) is 18.3 Å². The van der Waals surface area contributed by atoms with Crippen molar-refractivity contribution >= 4 is 17.5 Å². The third-order valence-electron chi connectivity index (χ3n) is 2.87. The molecule has 0 bridgehead atoms. The predicted molar refractivity (Wildman–Crippen MR) is 74.9 cm³/mol. The molecule has 1 N–H and O–H groups in total. The fourth-order valence-electron chi connectivity index (χ4n) is 1.90. The van der Waals surface area contributed by atoms with E-state index in [1.165, 1.54) is 0 Å². The Morgan fingerprint density at radius 2 is 2.17 bits per heavy atom. The molecule has 0 saturated heterocycles. The minimum absolute atomic E-state index is 0.0612. The van der Waals surface area contributed by atoms with E-state index < -0.39 is 0 Å². The molecule has 1 rings (SSSR count). The summed E-state index contributed by atoms with van der Waals surface area (Å²) in [6.45, 7) is 4.29. The molecule has 0 fully saturated rings. The number of halogens is 1. The van der Waals surface area contributed by atoms with E-state index in [0.717, 1.165) is 32.1 Å². The standard InChI is InChI=1S/C14H21ClN2O/c1-3-5-7-12(6-4-2)17-14(18)11-8-9-16-13(15)10-11/h8-10,12H,3-7H2,1-2H3,(H,17,18). The van der Waals surface area contributed by atoms with Gasteiger partial charge in [-0.3, -0.25) is 4.79 Å². The highest BCUT2D eigenvalue weighted by molar-refractivity contribution is 6.29. The molecule has 1 aromatic heterocycles. The van der Waals surface area contributed by atoms with Crippen molar-refractivity contribution in [1.29, 1.82) is 0 Å². The maximum Gasteiger partial charge on any atom is 0.251 e. The number of nitrogens with one attached hydrogen (secondary N) is 1. The highest BCUT2D eigenvalue weighted by Gasteiger charge is 2.13. The summed E-state index contributed by atoms with van der Waals surface area (Å²) in [6.07, 6.45) is 6.97. The first-order valence-electron chi connectivity index (χ1n) is 6.59. The third kappa shape index (κ3) is 5.05. The van der Waals surface area contributed by atoms with E-state index in [0.29, 0.717) is 10.7 Å². The number of rotatable bonds is 7.